The molecule has 0 radical (unpaired) electrons. The third-order valence-electron chi connectivity index (χ3n) is 4.26. The molecule has 3 nitrogen and oxygen atoms in total. The van der Waals surface area contributed by atoms with Crippen LogP contribution in [0.5, 0.6) is 0 Å². The van der Waals surface area contributed by atoms with Crippen molar-refractivity contribution in [3.63, 3.8) is 0 Å². The van der Waals surface area contributed by atoms with E-state index in [1.807, 2.05) is 24.1 Å². The Morgan fingerprint density at radius 2 is 2.00 bits per heavy atom. The van der Waals surface area contributed by atoms with Crippen molar-refractivity contribution in [3.05, 3.63) is 35.6 Å². The van der Waals surface area contributed by atoms with Gasteiger partial charge in [0.25, 0.3) is 0 Å². The van der Waals surface area contributed by atoms with Crippen LogP contribution in [-0.4, -0.2) is 48.4 Å². The molecule has 0 aromatic heterocycles. The molecule has 1 aromatic rings. The largest absolute Gasteiger partial charge is 0.343 e. The third-order valence-corrected chi connectivity index (χ3v) is 4.26. The van der Waals surface area contributed by atoms with Gasteiger partial charge in [-0.1, -0.05) is 18.2 Å². The van der Waals surface area contributed by atoms with Crippen molar-refractivity contribution in [2.45, 2.75) is 32.2 Å². The predicted molar refractivity (Wildman–Crippen MR) is 78.0 cm³/mol. The van der Waals surface area contributed by atoms with Crippen LogP contribution < -0.4 is 0 Å². The second-order valence-corrected chi connectivity index (χ2v) is 5.54. The van der Waals surface area contributed by atoms with Crippen molar-refractivity contribution < 1.29 is 9.18 Å². The number of amides is 1. The molecule has 1 aliphatic heterocycles. The van der Waals surface area contributed by atoms with Crippen molar-refractivity contribution in [3.8, 4) is 0 Å². The van der Waals surface area contributed by atoms with Crippen molar-refractivity contribution in [2.75, 3.05) is 26.7 Å². The third kappa shape index (κ3) is 3.79. The molecule has 20 heavy (non-hydrogen) atoms. The molecule has 1 amide bonds. The second-order valence-electron chi connectivity index (χ2n) is 5.54. The lowest BCUT2D eigenvalue weighted by atomic mass is 10.0. The minimum absolute atomic E-state index is 0.112. The molecule has 0 unspecified atom stereocenters. The van der Waals surface area contributed by atoms with Crippen LogP contribution in [0.3, 0.4) is 0 Å². The molecule has 0 bridgehead atoms. The summed E-state index contributed by atoms with van der Waals surface area (Å²) in [5.41, 5.74) is 0.787. The number of hydrogen-bond donors (Lipinski definition) is 0. The summed E-state index contributed by atoms with van der Waals surface area (Å²) in [7, 11) is 1.88. The standard InChI is InChI=1S/C16H23FN2O/c1-13(20)18(2)15-8-11-19(12-9-15)10-7-14-5-3-4-6-16(14)17/h3-6,15H,7-12H2,1-2H3. The van der Waals surface area contributed by atoms with E-state index in [0.29, 0.717) is 6.04 Å². The molecule has 0 saturated carbocycles. The summed E-state index contributed by atoms with van der Waals surface area (Å²) >= 11 is 0. The van der Waals surface area contributed by atoms with Crippen LogP contribution in [0.25, 0.3) is 0 Å². The van der Waals surface area contributed by atoms with Gasteiger partial charge >= 0.3 is 0 Å². The molecular weight excluding hydrogens is 255 g/mol. The number of halogens is 1. The highest BCUT2D eigenvalue weighted by Crippen LogP contribution is 2.16. The fraction of sp³-hybridized carbons (Fsp3) is 0.562. The quantitative estimate of drug-likeness (QED) is 0.844. The zero-order valence-corrected chi connectivity index (χ0v) is 12.3. The Labute approximate surface area is 120 Å². The Hall–Kier alpha value is -1.42. The van der Waals surface area contributed by atoms with Crippen LogP contribution in [0.4, 0.5) is 4.39 Å². The van der Waals surface area contributed by atoms with E-state index in [-0.39, 0.29) is 11.7 Å². The number of piperidine rings is 1. The lowest BCUT2D eigenvalue weighted by molar-refractivity contribution is -0.130. The number of benzene rings is 1. The predicted octanol–water partition coefficient (Wildman–Crippen LogP) is 2.31. The molecule has 1 heterocycles. The normalized spacial score (nSPS) is 17.1. The molecule has 1 aliphatic rings. The first-order valence-electron chi connectivity index (χ1n) is 7.27. The van der Waals surface area contributed by atoms with Crippen LogP contribution in [0.2, 0.25) is 0 Å². The van der Waals surface area contributed by atoms with Crippen molar-refractivity contribution in [1.29, 1.82) is 0 Å². The molecule has 1 aromatic carbocycles. The molecule has 0 spiro atoms. The van der Waals surface area contributed by atoms with Gasteiger partial charge in [-0.2, -0.15) is 0 Å². The highest BCUT2D eigenvalue weighted by molar-refractivity contribution is 5.73. The number of rotatable bonds is 4. The molecule has 1 fully saturated rings. The first kappa shape index (κ1) is 15.0. The lowest BCUT2D eigenvalue weighted by Crippen LogP contribution is -2.45. The SMILES string of the molecule is CC(=O)N(C)C1CCN(CCc2ccccc2F)CC1. The van der Waals surface area contributed by atoms with Crippen molar-refractivity contribution >= 4 is 5.91 Å². The van der Waals surface area contributed by atoms with Gasteiger partial charge in [0.15, 0.2) is 0 Å². The lowest BCUT2D eigenvalue weighted by Gasteiger charge is -2.36. The van der Waals surface area contributed by atoms with E-state index in [9.17, 15) is 9.18 Å². The smallest absolute Gasteiger partial charge is 0.219 e. The second kappa shape index (κ2) is 6.84. The molecule has 2 rings (SSSR count). The molecule has 0 aliphatic carbocycles. The molecule has 0 N–H and O–H groups in total. The minimum Gasteiger partial charge on any atom is -0.343 e. The molecular formula is C16H23FN2O. The zero-order chi connectivity index (χ0) is 14.5. The van der Waals surface area contributed by atoms with Crippen molar-refractivity contribution in [1.82, 2.24) is 9.80 Å². The fourth-order valence-corrected chi connectivity index (χ4v) is 2.77. The van der Waals surface area contributed by atoms with Crippen LogP contribution in [-0.2, 0) is 11.2 Å². The van der Waals surface area contributed by atoms with Crippen LogP contribution in [0, 0.1) is 5.82 Å². The van der Waals surface area contributed by atoms with Gasteiger partial charge in [0.05, 0.1) is 0 Å². The number of hydrogen-bond acceptors (Lipinski definition) is 2. The average Bonchev–Trinajstić information content (AvgIpc) is 2.46. The first-order valence-corrected chi connectivity index (χ1v) is 7.27. The van der Waals surface area contributed by atoms with Gasteiger partial charge in [0, 0.05) is 39.6 Å². The fourth-order valence-electron chi connectivity index (χ4n) is 2.77. The number of nitrogens with zero attached hydrogens (tertiary/aromatic N) is 2. The maximum absolute atomic E-state index is 13.5. The van der Waals surface area contributed by atoms with E-state index in [4.69, 9.17) is 0 Å². The summed E-state index contributed by atoms with van der Waals surface area (Å²) < 4.78 is 13.5. The summed E-state index contributed by atoms with van der Waals surface area (Å²) in [6, 6.07) is 7.33. The topological polar surface area (TPSA) is 23.6 Å². The van der Waals surface area contributed by atoms with Crippen LogP contribution >= 0.6 is 0 Å². The summed E-state index contributed by atoms with van der Waals surface area (Å²) in [6.45, 7) is 4.47. The van der Waals surface area contributed by atoms with Gasteiger partial charge in [-0.15, -0.1) is 0 Å². The average molecular weight is 278 g/mol. The van der Waals surface area contributed by atoms with Gasteiger partial charge in [-0.05, 0) is 30.9 Å². The van der Waals surface area contributed by atoms with Crippen LogP contribution in [0.15, 0.2) is 24.3 Å². The first-order chi connectivity index (χ1) is 9.58. The molecule has 110 valence electrons. The molecule has 4 heteroatoms. The molecule has 1 saturated heterocycles. The van der Waals surface area contributed by atoms with Gasteiger partial charge in [0.2, 0.25) is 5.91 Å². The zero-order valence-electron chi connectivity index (χ0n) is 12.3. The van der Waals surface area contributed by atoms with E-state index in [2.05, 4.69) is 4.90 Å². The maximum atomic E-state index is 13.5. The Kier molecular flexibility index (Phi) is 5.12. The summed E-state index contributed by atoms with van der Waals surface area (Å²) in [5, 5.41) is 0. The molecule has 0 atom stereocenters. The van der Waals surface area contributed by atoms with Crippen molar-refractivity contribution in [2.24, 2.45) is 0 Å². The Morgan fingerprint density at radius 3 is 2.60 bits per heavy atom. The Bertz CT molecular complexity index is 456. The van der Waals surface area contributed by atoms with Crippen LogP contribution in [0.1, 0.15) is 25.3 Å². The summed E-state index contributed by atoms with van der Waals surface area (Å²) in [6.07, 6.45) is 2.76. The minimum atomic E-state index is -0.112. The van der Waals surface area contributed by atoms with E-state index in [1.54, 1.807) is 13.0 Å². The maximum Gasteiger partial charge on any atom is 0.219 e. The van der Waals surface area contributed by atoms with Gasteiger partial charge in [-0.3, -0.25) is 4.79 Å². The monoisotopic (exact) mass is 278 g/mol. The van der Waals surface area contributed by atoms with Gasteiger partial charge in [0.1, 0.15) is 5.82 Å². The Morgan fingerprint density at radius 1 is 1.35 bits per heavy atom. The van der Waals surface area contributed by atoms with Gasteiger partial charge < -0.3 is 9.80 Å². The van der Waals surface area contributed by atoms with E-state index in [0.717, 1.165) is 44.5 Å². The summed E-state index contributed by atoms with van der Waals surface area (Å²) in [4.78, 5) is 15.5. The highest BCUT2D eigenvalue weighted by Gasteiger charge is 2.23. The highest BCUT2D eigenvalue weighted by atomic mass is 19.1. The van der Waals surface area contributed by atoms with Gasteiger partial charge in [-0.25, -0.2) is 4.39 Å². The number of carbonyl (C=O) groups excluding carboxylic acids is 1. The number of likely N-dealkylation sites (tertiary alicyclic amines) is 1. The summed E-state index contributed by atoms with van der Waals surface area (Å²) in [5.74, 6) is 0.0218. The number of carbonyl (C=O) groups is 1. The van der Waals surface area contributed by atoms with E-state index >= 15 is 0 Å². The van der Waals surface area contributed by atoms with E-state index < -0.39 is 0 Å². The Balaban J connectivity index is 1.78. The van der Waals surface area contributed by atoms with E-state index in [1.165, 1.54) is 6.07 Å².